The van der Waals surface area contributed by atoms with Crippen molar-refractivity contribution in [3.63, 3.8) is 0 Å². The van der Waals surface area contributed by atoms with Gasteiger partial charge in [0.2, 0.25) is 6.43 Å². The highest BCUT2D eigenvalue weighted by Crippen LogP contribution is 2.50. The summed E-state index contributed by atoms with van der Waals surface area (Å²) in [5.74, 6) is -2.18. The number of rotatable bonds is 5. The normalized spacial score (nSPS) is 18.3. The molecule has 0 bridgehead atoms. The number of fused-ring (bicyclic) bond motifs is 1. The minimum absolute atomic E-state index is 0.0175. The Morgan fingerprint density at radius 3 is 2.45 bits per heavy atom. The van der Waals surface area contributed by atoms with Crippen LogP contribution in [0.25, 0.3) is 10.9 Å². The smallest absolute Gasteiger partial charge is 0.307 e. The number of aromatic nitrogens is 1. The van der Waals surface area contributed by atoms with Gasteiger partial charge in [-0.05, 0) is 60.7 Å². The maximum atomic E-state index is 13.2. The number of benzene rings is 2. The van der Waals surface area contributed by atoms with Crippen LogP contribution in [0.4, 0.5) is 8.78 Å². The van der Waals surface area contributed by atoms with E-state index in [9.17, 15) is 28.6 Å². The van der Waals surface area contributed by atoms with Gasteiger partial charge < -0.3 is 10.2 Å². The van der Waals surface area contributed by atoms with Crippen molar-refractivity contribution in [2.24, 2.45) is 5.92 Å². The van der Waals surface area contributed by atoms with Crippen molar-refractivity contribution < 1.29 is 28.6 Å². The summed E-state index contributed by atoms with van der Waals surface area (Å²) in [6.45, 7) is 1.67. The van der Waals surface area contributed by atoms with Gasteiger partial charge in [-0.2, -0.15) is 0 Å². The van der Waals surface area contributed by atoms with Crippen LogP contribution in [-0.2, 0) is 11.2 Å². The molecule has 2 unspecified atom stereocenters. The Labute approximate surface area is 165 Å². The molecule has 1 aliphatic carbocycles. The van der Waals surface area contributed by atoms with E-state index in [0.29, 0.717) is 34.1 Å². The molecule has 1 aromatic heterocycles. The van der Waals surface area contributed by atoms with E-state index in [-0.39, 0.29) is 24.0 Å². The van der Waals surface area contributed by atoms with Gasteiger partial charge in [-0.1, -0.05) is 12.1 Å². The van der Waals surface area contributed by atoms with Gasteiger partial charge in [-0.15, -0.1) is 0 Å². The van der Waals surface area contributed by atoms with Gasteiger partial charge in [0.25, 0.3) is 5.91 Å². The molecule has 0 amide bonds. The second-order valence-corrected chi connectivity index (χ2v) is 7.44. The van der Waals surface area contributed by atoms with Gasteiger partial charge in [0.05, 0.1) is 11.9 Å². The molecule has 2 aromatic carbocycles. The van der Waals surface area contributed by atoms with Crippen molar-refractivity contribution in [2.45, 2.75) is 32.1 Å². The van der Waals surface area contributed by atoms with Crippen LogP contribution in [0.15, 0.2) is 42.5 Å². The van der Waals surface area contributed by atoms with E-state index in [1.54, 1.807) is 37.3 Å². The molecule has 2 atom stereocenters. The van der Waals surface area contributed by atoms with Crippen molar-refractivity contribution >= 4 is 22.8 Å². The predicted molar refractivity (Wildman–Crippen MR) is 103 cm³/mol. The van der Waals surface area contributed by atoms with E-state index in [4.69, 9.17) is 0 Å². The fourth-order valence-corrected chi connectivity index (χ4v) is 3.99. The van der Waals surface area contributed by atoms with Gasteiger partial charge in [0.1, 0.15) is 5.75 Å². The molecule has 1 aliphatic rings. The maximum Gasteiger partial charge on any atom is 0.307 e. The second-order valence-electron chi connectivity index (χ2n) is 7.44. The number of aromatic hydroxyl groups is 1. The molecule has 1 heterocycles. The zero-order valence-corrected chi connectivity index (χ0v) is 15.6. The van der Waals surface area contributed by atoms with Gasteiger partial charge in [0, 0.05) is 22.6 Å². The monoisotopic (exact) mass is 399 g/mol. The lowest BCUT2D eigenvalue weighted by atomic mass is 10.1. The highest BCUT2D eigenvalue weighted by Gasteiger charge is 2.44. The molecule has 0 radical (unpaired) electrons. The molecule has 1 fully saturated rings. The fraction of sp³-hybridized carbons (Fsp3) is 0.273. The van der Waals surface area contributed by atoms with Crippen LogP contribution >= 0.6 is 0 Å². The maximum absolute atomic E-state index is 13.2. The van der Waals surface area contributed by atoms with E-state index in [0.717, 1.165) is 5.56 Å². The standard InChI is InChI=1S/C22H19F2NO4/c1-11-15(10-20(27)28)17-8-14(26)6-7-19(17)25(11)22(29)13-4-2-12(3-5-13)16-9-18(16)21(23)24/h2-8,16,18,21,26H,9-10H2,1H3,(H,27,28). The molecule has 29 heavy (non-hydrogen) atoms. The average Bonchev–Trinajstić information content (AvgIpc) is 3.44. The van der Waals surface area contributed by atoms with Crippen molar-refractivity contribution in [1.82, 2.24) is 4.57 Å². The van der Waals surface area contributed by atoms with Gasteiger partial charge in [-0.25, -0.2) is 8.78 Å². The lowest BCUT2D eigenvalue weighted by molar-refractivity contribution is -0.136. The molecule has 150 valence electrons. The third kappa shape index (κ3) is 3.37. The largest absolute Gasteiger partial charge is 0.508 e. The number of carboxylic acids is 1. The van der Waals surface area contributed by atoms with E-state index in [2.05, 4.69) is 0 Å². The van der Waals surface area contributed by atoms with Crippen LogP contribution in [0, 0.1) is 12.8 Å². The van der Waals surface area contributed by atoms with Crippen LogP contribution < -0.4 is 0 Å². The number of carboxylic acid groups (broad SMARTS) is 1. The average molecular weight is 399 g/mol. The predicted octanol–water partition coefficient (Wildman–Crippen LogP) is 4.34. The third-order valence-electron chi connectivity index (χ3n) is 5.60. The lowest BCUT2D eigenvalue weighted by Crippen LogP contribution is -2.14. The first-order chi connectivity index (χ1) is 13.8. The first-order valence-corrected chi connectivity index (χ1v) is 9.25. The number of halogens is 2. The van der Waals surface area contributed by atoms with Crippen LogP contribution in [0.1, 0.15) is 39.5 Å². The molecular weight excluding hydrogens is 380 g/mol. The number of phenolic OH excluding ortho intramolecular Hbond substituents is 1. The fourth-order valence-electron chi connectivity index (χ4n) is 3.99. The molecule has 0 spiro atoms. The summed E-state index contributed by atoms with van der Waals surface area (Å²) in [5.41, 5.74) is 2.62. The number of carbonyl (C=O) groups excluding carboxylic acids is 1. The molecule has 5 nitrogen and oxygen atoms in total. The quantitative estimate of drug-likeness (QED) is 0.669. The summed E-state index contributed by atoms with van der Waals surface area (Å²) in [7, 11) is 0. The van der Waals surface area contributed by atoms with E-state index in [1.807, 2.05) is 0 Å². The molecule has 0 saturated heterocycles. The van der Waals surface area contributed by atoms with Gasteiger partial charge >= 0.3 is 5.97 Å². The topological polar surface area (TPSA) is 79.5 Å². The van der Waals surface area contributed by atoms with Crippen LogP contribution in [0.2, 0.25) is 0 Å². The van der Waals surface area contributed by atoms with Crippen LogP contribution in [-0.4, -0.2) is 33.1 Å². The Morgan fingerprint density at radius 2 is 1.86 bits per heavy atom. The number of aliphatic carboxylic acids is 1. The van der Waals surface area contributed by atoms with Crippen molar-refractivity contribution in [1.29, 1.82) is 0 Å². The van der Waals surface area contributed by atoms with Crippen molar-refractivity contribution in [3.8, 4) is 5.75 Å². The number of nitrogens with zero attached hydrogens (tertiary/aromatic N) is 1. The number of phenols is 1. The third-order valence-corrected chi connectivity index (χ3v) is 5.60. The molecule has 0 aliphatic heterocycles. The second kappa shape index (κ2) is 6.99. The minimum Gasteiger partial charge on any atom is -0.508 e. The summed E-state index contributed by atoms with van der Waals surface area (Å²) in [6.07, 6.45) is -2.16. The van der Waals surface area contributed by atoms with Crippen LogP contribution in [0.3, 0.4) is 0 Å². The van der Waals surface area contributed by atoms with Gasteiger partial charge in [-0.3, -0.25) is 14.2 Å². The van der Waals surface area contributed by atoms with Crippen molar-refractivity contribution in [3.05, 3.63) is 64.8 Å². The SMILES string of the molecule is Cc1c(CC(=O)O)c2cc(O)ccc2n1C(=O)c1ccc(C2CC2C(F)F)cc1. The van der Waals surface area contributed by atoms with E-state index in [1.165, 1.54) is 16.7 Å². The highest BCUT2D eigenvalue weighted by atomic mass is 19.3. The number of hydrogen-bond acceptors (Lipinski definition) is 3. The summed E-state index contributed by atoms with van der Waals surface area (Å²) in [5, 5.41) is 19.5. The zero-order chi connectivity index (χ0) is 20.9. The molecule has 7 heteroatoms. The lowest BCUT2D eigenvalue weighted by Gasteiger charge is -2.09. The first-order valence-electron chi connectivity index (χ1n) is 9.25. The summed E-state index contributed by atoms with van der Waals surface area (Å²) in [6, 6.07) is 11.1. The van der Waals surface area contributed by atoms with Gasteiger partial charge in [0.15, 0.2) is 0 Å². The Bertz CT molecular complexity index is 1120. The number of alkyl halides is 2. The molecule has 2 N–H and O–H groups in total. The van der Waals surface area contributed by atoms with Crippen LogP contribution in [0.5, 0.6) is 5.75 Å². The van der Waals surface area contributed by atoms with Crippen molar-refractivity contribution in [2.75, 3.05) is 0 Å². The zero-order valence-electron chi connectivity index (χ0n) is 15.6. The summed E-state index contributed by atoms with van der Waals surface area (Å²) in [4.78, 5) is 24.4. The summed E-state index contributed by atoms with van der Waals surface area (Å²) >= 11 is 0. The molecular formula is C22H19F2NO4. The molecule has 3 aromatic rings. The Hall–Kier alpha value is -3.22. The Morgan fingerprint density at radius 1 is 1.17 bits per heavy atom. The minimum atomic E-state index is -2.33. The Kier molecular flexibility index (Phi) is 4.61. The summed E-state index contributed by atoms with van der Waals surface area (Å²) < 4.78 is 27.0. The molecule has 1 saturated carbocycles. The first kappa shape index (κ1) is 19.1. The number of carbonyl (C=O) groups is 2. The molecule has 4 rings (SSSR count). The van der Waals surface area contributed by atoms with E-state index >= 15 is 0 Å². The number of hydrogen-bond donors (Lipinski definition) is 2. The van der Waals surface area contributed by atoms with E-state index < -0.39 is 18.3 Å². The highest BCUT2D eigenvalue weighted by molar-refractivity contribution is 6.04. The Balaban J connectivity index is 1.72.